The van der Waals surface area contributed by atoms with Crippen molar-refractivity contribution in [3.63, 3.8) is 0 Å². The van der Waals surface area contributed by atoms with Gasteiger partial charge in [0, 0.05) is 29.4 Å². The first-order valence-electron chi connectivity index (χ1n) is 7.21. The van der Waals surface area contributed by atoms with Crippen molar-refractivity contribution in [3.8, 4) is 0 Å². The van der Waals surface area contributed by atoms with E-state index in [1.54, 1.807) is 6.26 Å². The van der Waals surface area contributed by atoms with Crippen LogP contribution in [0, 0.1) is 0 Å². The molecule has 1 aliphatic carbocycles. The van der Waals surface area contributed by atoms with Crippen molar-refractivity contribution in [3.05, 3.63) is 52.1 Å². The van der Waals surface area contributed by atoms with E-state index in [9.17, 15) is 0 Å². The van der Waals surface area contributed by atoms with Crippen LogP contribution in [0.4, 0.5) is 0 Å². The van der Waals surface area contributed by atoms with Crippen LogP contribution in [0.1, 0.15) is 48.5 Å². The minimum atomic E-state index is 0.263. The van der Waals surface area contributed by atoms with E-state index < -0.39 is 0 Å². The Morgan fingerprint density at radius 2 is 2.40 bits per heavy atom. The van der Waals surface area contributed by atoms with Gasteiger partial charge in [-0.05, 0) is 59.4 Å². The summed E-state index contributed by atoms with van der Waals surface area (Å²) in [5, 5.41) is 3.67. The van der Waals surface area contributed by atoms with Crippen LogP contribution in [0.2, 0.25) is 0 Å². The van der Waals surface area contributed by atoms with Crippen LogP contribution in [0.25, 0.3) is 0 Å². The average Bonchev–Trinajstić information content (AvgIpc) is 3.07. The SMILES string of the molecule is CCCNC(c1ccoc1Br)C1CCc2cccnc21. The maximum atomic E-state index is 5.43. The summed E-state index contributed by atoms with van der Waals surface area (Å²) in [5.74, 6) is 0.423. The van der Waals surface area contributed by atoms with Crippen LogP contribution in [0.3, 0.4) is 0 Å². The lowest BCUT2D eigenvalue weighted by molar-refractivity contribution is 0.427. The van der Waals surface area contributed by atoms with Crippen molar-refractivity contribution in [1.29, 1.82) is 0 Å². The number of nitrogens with zero attached hydrogens (tertiary/aromatic N) is 1. The second kappa shape index (κ2) is 6.10. The van der Waals surface area contributed by atoms with Crippen LogP contribution in [0.15, 0.2) is 39.7 Å². The zero-order valence-electron chi connectivity index (χ0n) is 11.6. The van der Waals surface area contributed by atoms with Gasteiger partial charge in [0.15, 0.2) is 4.67 Å². The molecule has 0 spiro atoms. The fourth-order valence-corrected chi connectivity index (χ4v) is 3.55. The molecule has 0 saturated carbocycles. The first-order valence-corrected chi connectivity index (χ1v) is 8.00. The van der Waals surface area contributed by atoms with Gasteiger partial charge in [0.1, 0.15) is 0 Å². The fraction of sp³-hybridized carbons (Fsp3) is 0.438. The molecule has 0 amide bonds. The van der Waals surface area contributed by atoms with E-state index in [0.29, 0.717) is 5.92 Å². The van der Waals surface area contributed by atoms with Crippen LogP contribution in [-0.2, 0) is 6.42 Å². The summed E-state index contributed by atoms with van der Waals surface area (Å²) in [6.45, 7) is 3.19. The first-order chi connectivity index (χ1) is 9.81. The number of hydrogen-bond donors (Lipinski definition) is 1. The van der Waals surface area contributed by atoms with Crippen molar-refractivity contribution < 1.29 is 4.42 Å². The number of pyridine rings is 1. The number of hydrogen-bond acceptors (Lipinski definition) is 3. The molecular formula is C16H19BrN2O. The molecule has 2 unspecified atom stereocenters. The van der Waals surface area contributed by atoms with E-state index in [4.69, 9.17) is 4.42 Å². The van der Waals surface area contributed by atoms with Crippen LogP contribution in [0.5, 0.6) is 0 Å². The maximum Gasteiger partial charge on any atom is 0.173 e. The molecule has 0 aliphatic heterocycles. The lowest BCUT2D eigenvalue weighted by Crippen LogP contribution is -2.27. The molecule has 0 bridgehead atoms. The normalized spacial score (nSPS) is 19.0. The van der Waals surface area contributed by atoms with Crippen LogP contribution in [-0.4, -0.2) is 11.5 Å². The largest absolute Gasteiger partial charge is 0.457 e. The van der Waals surface area contributed by atoms with Gasteiger partial charge in [0.05, 0.1) is 6.26 Å². The molecule has 4 heteroatoms. The quantitative estimate of drug-likeness (QED) is 0.890. The summed E-state index contributed by atoms with van der Waals surface area (Å²) >= 11 is 3.52. The summed E-state index contributed by atoms with van der Waals surface area (Å²) < 4.78 is 6.26. The predicted molar refractivity (Wildman–Crippen MR) is 82.7 cm³/mol. The molecule has 2 atom stereocenters. The van der Waals surface area contributed by atoms with Crippen molar-refractivity contribution in [2.24, 2.45) is 0 Å². The summed E-state index contributed by atoms with van der Waals surface area (Å²) in [6, 6.07) is 6.55. The third kappa shape index (κ3) is 2.54. The zero-order valence-corrected chi connectivity index (χ0v) is 13.2. The minimum Gasteiger partial charge on any atom is -0.457 e. The fourth-order valence-electron chi connectivity index (χ4n) is 3.06. The maximum absolute atomic E-state index is 5.43. The van der Waals surface area contributed by atoms with Crippen LogP contribution >= 0.6 is 15.9 Å². The highest BCUT2D eigenvalue weighted by molar-refractivity contribution is 9.10. The highest BCUT2D eigenvalue weighted by Crippen LogP contribution is 2.42. The second-order valence-corrected chi connectivity index (χ2v) is 5.99. The molecule has 0 fully saturated rings. The number of nitrogens with one attached hydrogen (secondary N) is 1. The molecular weight excluding hydrogens is 316 g/mol. The van der Waals surface area contributed by atoms with Gasteiger partial charge in [0.25, 0.3) is 0 Å². The molecule has 3 nitrogen and oxygen atoms in total. The van der Waals surface area contributed by atoms with Crippen molar-refractivity contribution in [2.75, 3.05) is 6.54 Å². The molecule has 20 heavy (non-hydrogen) atoms. The Balaban J connectivity index is 1.93. The number of aryl methyl sites for hydroxylation is 1. The number of halogens is 1. The molecule has 2 aromatic rings. The molecule has 0 aromatic carbocycles. The highest BCUT2D eigenvalue weighted by Gasteiger charge is 2.33. The van der Waals surface area contributed by atoms with Gasteiger partial charge < -0.3 is 9.73 Å². The standard InChI is InChI=1S/C16H19BrN2O/c1-2-8-18-15(13-7-10-20-16(13)17)12-6-5-11-4-3-9-19-14(11)12/h3-4,7,9-10,12,15,18H,2,5-6,8H2,1H3. The van der Waals surface area contributed by atoms with Gasteiger partial charge in [0.2, 0.25) is 0 Å². The van der Waals surface area contributed by atoms with Crippen LogP contribution < -0.4 is 5.32 Å². The summed E-state index contributed by atoms with van der Waals surface area (Å²) in [7, 11) is 0. The Bertz CT molecular complexity index is 581. The number of aromatic nitrogens is 1. The Kier molecular flexibility index (Phi) is 4.22. The van der Waals surface area contributed by atoms with E-state index in [0.717, 1.165) is 30.5 Å². The molecule has 0 radical (unpaired) electrons. The molecule has 106 valence electrons. The van der Waals surface area contributed by atoms with E-state index >= 15 is 0 Å². The number of fused-ring (bicyclic) bond motifs is 1. The molecule has 2 heterocycles. The van der Waals surface area contributed by atoms with Gasteiger partial charge in [-0.3, -0.25) is 4.98 Å². The smallest absolute Gasteiger partial charge is 0.173 e. The van der Waals surface area contributed by atoms with E-state index in [-0.39, 0.29) is 6.04 Å². The lowest BCUT2D eigenvalue weighted by Gasteiger charge is -2.24. The third-order valence-corrected chi connectivity index (χ3v) is 4.64. The van der Waals surface area contributed by atoms with E-state index in [2.05, 4.69) is 45.3 Å². The van der Waals surface area contributed by atoms with Gasteiger partial charge in [-0.2, -0.15) is 0 Å². The Morgan fingerprint density at radius 3 is 3.15 bits per heavy atom. The number of rotatable bonds is 5. The first kappa shape index (κ1) is 13.8. The Hall–Kier alpha value is -1.13. The van der Waals surface area contributed by atoms with E-state index in [1.165, 1.54) is 16.8 Å². The van der Waals surface area contributed by atoms with Gasteiger partial charge in [-0.15, -0.1) is 0 Å². The Labute approximate surface area is 127 Å². The van der Waals surface area contributed by atoms with Crippen molar-refractivity contribution in [1.82, 2.24) is 10.3 Å². The van der Waals surface area contributed by atoms with Gasteiger partial charge in [-0.25, -0.2) is 0 Å². The molecule has 1 N–H and O–H groups in total. The summed E-state index contributed by atoms with van der Waals surface area (Å²) in [6.07, 6.45) is 7.03. The monoisotopic (exact) mass is 334 g/mol. The molecule has 1 aliphatic rings. The van der Waals surface area contributed by atoms with Gasteiger partial charge in [-0.1, -0.05) is 13.0 Å². The van der Waals surface area contributed by atoms with Gasteiger partial charge >= 0.3 is 0 Å². The topological polar surface area (TPSA) is 38.1 Å². The predicted octanol–water partition coefficient (Wildman–Crippen LogP) is 4.21. The molecule has 0 saturated heterocycles. The molecule has 2 aromatic heterocycles. The van der Waals surface area contributed by atoms with E-state index in [1.807, 2.05) is 12.3 Å². The highest BCUT2D eigenvalue weighted by atomic mass is 79.9. The summed E-state index contributed by atoms with van der Waals surface area (Å²) in [4.78, 5) is 4.62. The second-order valence-electron chi connectivity index (χ2n) is 5.27. The average molecular weight is 335 g/mol. The summed E-state index contributed by atoms with van der Waals surface area (Å²) in [5.41, 5.74) is 3.83. The van der Waals surface area contributed by atoms with Crippen molar-refractivity contribution in [2.45, 2.75) is 38.1 Å². The number of furan rings is 1. The Morgan fingerprint density at radius 1 is 1.50 bits per heavy atom. The van der Waals surface area contributed by atoms with Crippen molar-refractivity contribution >= 4 is 15.9 Å². The zero-order chi connectivity index (χ0) is 13.9. The minimum absolute atomic E-state index is 0.263. The molecule has 3 rings (SSSR count). The lowest BCUT2D eigenvalue weighted by atomic mass is 9.92. The third-order valence-electron chi connectivity index (χ3n) is 4.00.